The lowest BCUT2D eigenvalue weighted by Gasteiger charge is -2.39. The van der Waals surface area contributed by atoms with Crippen LogP contribution in [0.15, 0.2) is 0 Å². The van der Waals surface area contributed by atoms with Crippen LogP contribution in [0.4, 0.5) is 0 Å². The first kappa shape index (κ1) is 16.3. The molecule has 1 N–H and O–H groups in total. The summed E-state index contributed by atoms with van der Waals surface area (Å²) in [6.45, 7) is 12.1. The van der Waals surface area contributed by atoms with Crippen LogP contribution in [0.2, 0.25) is 0 Å². The van der Waals surface area contributed by atoms with Crippen LogP contribution in [0.3, 0.4) is 0 Å². The maximum Gasteiger partial charge on any atom is 0.0646 e. The fourth-order valence-corrected chi connectivity index (χ4v) is 4.33. The Morgan fingerprint density at radius 3 is 2.50 bits per heavy atom. The van der Waals surface area contributed by atoms with E-state index in [9.17, 15) is 0 Å². The molecule has 0 aromatic carbocycles. The molecule has 0 aromatic rings. The number of ether oxygens (including phenoxy) is 2. The summed E-state index contributed by atoms with van der Waals surface area (Å²) in [4.78, 5) is 0. The minimum atomic E-state index is 0.325. The summed E-state index contributed by atoms with van der Waals surface area (Å²) in [7, 11) is 1.77. The third-order valence-electron chi connectivity index (χ3n) is 6.26. The molecule has 4 unspecified atom stereocenters. The van der Waals surface area contributed by atoms with Crippen molar-refractivity contribution in [2.24, 2.45) is 16.7 Å². The molecule has 0 amide bonds. The van der Waals surface area contributed by atoms with E-state index in [1.165, 1.54) is 19.3 Å². The van der Waals surface area contributed by atoms with Gasteiger partial charge in [-0.1, -0.05) is 27.7 Å². The normalized spacial score (nSPS) is 36.5. The summed E-state index contributed by atoms with van der Waals surface area (Å²) >= 11 is 0. The van der Waals surface area contributed by atoms with E-state index < -0.39 is 0 Å². The van der Waals surface area contributed by atoms with Gasteiger partial charge in [0.05, 0.1) is 25.4 Å². The van der Waals surface area contributed by atoms with E-state index in [0.717, 1.165) is 32.1 Å². The number of methoxy groups -OCH3 is 1. The smallest absolute Gasteiger partial charge is 0.0646 e. The van der Waals surface area contributed by atoms with Gasteiger partial charge in [0.2, 0.25) is 0 Å². The van der Waals surface area contributed by atoms with Gasteiger partial charge >= 0.3 is 0 Å². The Morgan fingerprint density at radius 2 is 2.00 bits per heavy atom. The second-order valence-corrected chi connectivity index (χ2v) is 7.54. The molecule has 2 bridgehead atoms. The first-order valence-corrected chi connectivity index (χ1v) is 8.29. The number of rotatable bonds is 8. The van der Waals surface area contributed by atoms with Crippen LogP contribution >= 0.6 is 0 Å². The highest BCUT2D eigenvalue weighted by molar-refractivity contribution is 5.11. The molecule has 2 aliphatic rings. The fourth-order valence-electron chi connectivity index (χ4n) is 4.33. The molecular formula is C17H33NO2. The van der Waals surface area contributed by atoms with Crippen LogP contribution in [-0.2, 0) is 9.47 Å². The Bertz CT molecular complexity index is 318. The van der Waals surface area contributed by atoms with Crippen LogP contribution in [-0.4, -0.2) is 39.0 Å². The third-order valence-corrected chi connectivity index (χ3v) is 6.26. The van der Waals surface area contributed by atoms with E-state index in [-0.39, 0.29) is 0 Å². The standard InChI is InChI=1S/C17H33NO2/c1-6-9-18-14(11-19-5)12-20-15-10-13-7-8-17(15,4)16(13,2)3/h13-15,18H,6-12H2,1-5H3. The van der Waals surface area contributed by atoms with E-state index in [0.29, 0.717) is 23.0 Å². The highest BCUT2D eigenvalue weighted by atomic mass is 16.5. The molecule has 20 heavy (non-hydrogen) atoms. The minimum absolute atomic E-state index is 0.325. The van der Waals surface area contributed by atoms with Gasteiger partial charge in [-0.05, 0) is 49.0 Å². The molecular weight excluding hydrogens is 250 g/mol. The number of hydrogen-bond acceptors (Lipinski definition) is 3. The van der Waals surface area contributed by atoms with Crippen molar-refractivity contribution in [3.8, 4) is 0 Å². The van der Waals surface area contributed by atoms with Crippen molar-refractivity contribution in [3.63, 3.8) is 0 Å². The second-order valence-electron chi connectivity index (χ2n) is 7.54. The lowest BCUT2D eigenvalue weighted by molar-refractivity contribution is -0.0587. The van der Waals surface area contributed by atoms with Crippen molar-refractivity contribution >= 4 is 0 Å². The Balaban J connectivity index is 1.88. The molecule has 2 saturated carbocycles. The predicted molar refractivity (Wildman–Crippen MR) is 82.9 cm³/mol. The van der Waals surface area contributed by atoms with Crippen molar-refractivity contribution in [2.75, 3.05) is 26.9 Å². The van der Waals surface area contributed by atoms with Crippen molar-refractivity contribution < 1.29 is 9.47 Å². The molecule has 0 aliphatic heterocycles. The van der Waals surface area contributed by atoms with Gasteiger partial charge in [-0.25, -0.2) is 0 Å². The number of fused-ring (bicyclic) bond motifs is 2. The molecule has 0 saturated heterocycles. The first-order chi connectivity index (χ1) is 9.45. The van der Waals surface area contributed by atoms with Crippen molar-refractivity contribution in [1.29, 1.82) is 0 Å². The zero-order valence-corrected chi connectivity index (χ0v) is 14.0. The molecule has 0 aromatic heterocycles. The van der Waals surface area contributed by atoms with Gasteiger partial charge in [0.25, 0.3) is 0 Å². The first-order valence-electron chi connectivity index (χ1n) is 8.29. The lowest BCUT2D eigenvalue weighted by Crippen LogP contribution is -2.42. The second kappa shape index (κ2) is 6.33. The third kappa shape index (κ3) is 2.77. The summed E-state index contributed by atoms with van der Waals surface area (Å²) in [5.74, 6) is 0.849. The Hall–Kier alpha value is -0.120. The molecule has 2 rings (SSSR count). The average Bonchev–Trinajstić information content (AvgIpc) is 2.74. The van der Waals surface area contributed by atoms with E-state index in [1.54, 1.807) is 7.11 Å². The number of nitrogens with one attached hydrogen (secondary N) is 1. The highest BCUT2D eigenvalue weighted by Gasteiger charge is 2.61. The van der Waals surface area contributed by atoms with Crippen molar-refractivity contribution in [1.82, 2.24) is 5.32 Å². The van der Waals surface area contributed by atoms with Crippen LogP contribution in [0, 0.1) is 16.7 Å². The van der Waals surface area contributed by atoms with E-state index in [2.05, 4.69) is 33.0 Å². The fraction of sp³-hybridized carbons (Fsp3) is 1.00. The molecule has 0 heterocycles. The molecule has 2 aliphatic carbocycles. The van der Waals surface area contributed by atoms with E-state index in [1.807, 2.05) is 0 Å². The van der Waals surface area contributed by atoms with Crippen LogP contribution in [0.1, 0.15) is 53.4 Å². The molecule has 118 valence electrons. The predicted octanol–water partition coefficient (Wildman–Crippen LogP) is 3.23. The molecule has 3 nitrogen and oxygen atoms in total. The van der Waals surface area contributed by atoms with Gasteiger partial charge in [0.1, 0.15) is 0 Å². The zero-order valence-electron chi connectivity index (χ0n) is 14.0. The maximum atomic E-state index is 6.34. The van der Waals surface area contributed by atoms with Gasteiger partial charge < -0.3 is 14.8 Å². The van der Waals surface area contributed by atoms with Crippen molar-refractivity contribution in [2.45, 2.75) is 65.5 Å². The van der Waals surface area contributed by atoms with Gasteiger partial charge in [0, 0.05) is 7.11 Å². The van der Waals surface area contributed by atoms with E-state index >= 15 is 0 Å². The summed E-state index contributed by atoms with van der Waals surface area (Å²) in [6, 6.07) is 0.325. The molecule has 2 fully saturated rings. The SMILES string of the molecule is CCCNC(COC)COC1CC2CCC1(C)C2(C)C. The largest absolute Gasteiger partial charge is 0.383 e. The zero-order chi connectivity index (χ0) is 14.8. The topological polar surface area (TPSA) is 30.5 Å². The van der Waals surface area contributed by atoms with Crippen LogP contribution < -0.4 is 5.32 Å². The van der Waals surface area contributed by atoms with Gasteiger partial charge in [-0.15, -0.1) is 0 Å². The quantitative estimate of drug-likeness (QED) is 0.742. The van der Waals surface area contributed by atoms with Gasteiger partial charge in [-0.3, -0.25) is 0 Å². The lowest BCUT2D eigenvalue weighted by atomic mass is 9.70. The highest BCUT2D eigenvalue weighted by Crippen LogP contribution is 2.66. The summed E-state index contributed by atoms with van der Waals surface area (Å²) in [5, 5.41) is 3.52. The summed E-state index contributed by atoms with van der Waals surface area (Å²) in [5.41, 5.74) is 0.797. The van der Waals surface area contributed by atoms with Crippen LogP contribution in [0.25, 0.3) is 0 Å². The molecule has 3 heteroatoms. The Morgan fingerprint density at radius 1 is 1.25 bits per heavy atom. The van der Waals surface area contributed by atoms with E-state index in [4.69, 9.17) is 9.47 Å². The molecule has 4 atom stereocenters. The minimum Gasteiger partial charge on any atom is -0.383 e. The molecule has 0 radical (unpaired) electrons. The Kier molecular flexibility index (Phi) is 5.14. The van der Waals surface area contributed by atoms with Gasteiger partial charge in [-0.2, -0.15) is 0 Å². The van der Waals surface area contributed by atoms with Crippen LogP contribution in [0.5, 0.6) is 0 Å². The average molecular weight is 283 g/mol. The van der Waals surface area contributed by atoms with Gasteiger partial charge in [0.15, 0.2) is 0 Å². The van der Waals surface area contributed by atoms with Crippen molar-refractivity contribution in [3.05, 3.63) is 0 Å². The summed E-state index contributed by atoms with van der Waals surface area (Å²) < 4.78 is 11.6. The number of hydrogen-bond donors (Lipinski definition) is 1. The monoisotopic (exact) mass is 283 g/mol. The maximum absolute atomic E-state index is 6.34. The Labute approximate surface area is 124 Å². The molecule has 0 spiro atoms. The summed E-state index contributed by atoms with van der Waals surface area (Å²) in [6.07, 6.45) is 5.54.